The van der Waals surface area contributed by atoms with Gasteiger partial charge in [-0.15, -0.1) is 0 Å². The summed E-state index contributed by atoms with van der Waals surface area (Å²) in [5.74, 6) is 0.532. The van der Waals surface area contributed by atoms with Crippen LogP contribution in [0.1, 0.15) is 79.1 Å². The smallest absolute Gasteiger partial charge is 0.242 e. The number of allylic oxidation sites excluding steroid dienone is 4. The summed E-state index contributed by atoms with van der Waals surface area (Å²) in [6.45, 7) is 8.96. The van der Waals surface area contributed by atoms with Gasteiger partial charge in [0, 0.05) is 54.1 Å². The van der Waals surface area contributed by atoms with Crippen molar-refractivity contribution < 1.29 is 23.1 Å². The van der Waals surface area contributed by atoms with E-state index in [1.54, 1.807) is 37.0 Å². The number of amides is 1. The molecule has 0 aliphatic carbocycles. The molecule has 1 aromatic rings. The van der Waals surface area contributed by atoms with Gasteiger partial charge in [0.05, 0.1) is 23.9 Å². The van der Waals surface area contributed by atoms with Crippen LogP contribution in [0.15, 0.2) is 80.1 Å². The second-order valence-electron chi connectivity index (χ2n) is 11.1. The number of benzene rings is 1. The van der Waals surface area contributed by atoms with Gasteiger partial charge in [0.2, 0.25) is 12.3 Å². The first-order valence-electron chi connectivity index (χ1n) is 15.8. The first kappa shape index (κ1) is 39.4. The van der Waals surface area contributed by atoms with E-state index in [1.807, 2.05) is 38.3 Å². The van der Waals surface area contributed by atoms with Crippen molar-refractivity contribution in [1.82, 2.24) is 10.2 Å². The largest absolute Gasteiger partial charge is 0.390 e. The van der Waals surface area contributed by atoms with Crippen LogP contribution < -0.4 is 5.32 Å². The Morgan fingerprint density at radius 3 is 2.63 bits per heavy atom. The van der Waals surface area contributed by atoms with Crippen molar-refractivity contribution in [3.8, 4) is 0 Å². The number of carbonyl (C=O) groups is 1. The van der Waals surface area contributed by atoms with Gasteiger partial charge in [-0.2, -0.15) is 0 Å². The molecular formula is C35H48ClF3N4O2S. The normalized spacial score (nSPS) is 18.5. The Bertz CT molecular complexity index is 1310. The standard InChI is InChI=1S/C29H44F2N4O2S.C6H4ClF/c1-6-15-29(37,9-4)16-11-14-27(36)34-21-18-24-22(23(32-5)12-10-13-26(30)31)19-33-28(35(24)20-21)25(8-3)38-17-7-2;7-5-2-1-3-6(8)4-5/h7-8,10,12,17,21,26,37H,6,9,11,13-16,18-20H2,1-5H3,(H,34,36);1-4H/b12-10-,17-7-,25-8?,32-23?;. The number of hydrogen-bond acceptors (Lipinski definition) is 6. The lowest BCUT2D eigenvalue weighted by Crippen LogP contribution is -2.39. The second kappa shape index (κ2) is 20.4. The molecule has 2 atom stereocenters. The monoisotopic (exact) mass is 680 g/mol. The van der Waals surface area contributed by atoms with E-state index in [9.17, 15) is 23.1 Å². The minimum atomic E-state index is -2.41. The molecule has 2 unspecified atom stereocenters. The number of rotatable bonds is 15. The summed E-state index contributed by atoms with van der Waals surface area (Å²) in [5, 5.41) is 16.3. The van der Waals surface area contributed by atoms with Crippen LogP contribution in [0, 0.1) is 5.82 Å². The molecule has 46 heavy (non-hydrogen) atoms. The number of nitrogens with one attached hydrogen (secondary N) is 1. The van der Waals surface area contributed by atoms with Crippen LogP contribution in [0.3, 0.4) is 0 Å². The van der Waals surface area contributed by atoms with Crippen molar-refractivity contribution in [2.75, 3.05) is 20.1 Å². The van der Waals surface area contributed by atoms with E-state index in [1.165, 1.54) is 18.2 Å². The number of fused-ring (bicyclic) bond motifs is 1. The van der Waals surface area contributed by atoms with Crippen molar-refractivity contribution in [1.29, 1.82) is 0 Å². The van der Waals surface area contributed by atoms with E-state index in [4.69, 9.17) is 16.6 Å². The summed E-state index contributed by atoms with van der Waals surface area (Å²) < 4.78 is 37.5. The van der Waals surface area contributed by atoms with Crippen LogP contribution in [0.25, 0.3) is 0 Å². The number of carbonyl (C=O) groups excluding carboxylic acids is 1. The molecule has 0 bridgehead atoms. The van der Waals surface area contributed by atoms with Crippen molar-refractivity contribution >= 4 is 40.8 Å². The summed E-state index contributed by atoms with van der Waals surface area (Å²) >= 11 is 7.00. The van der Waals surface area contributed by atoms with Gasteiger partial charge in [0.25, 0.3) is 0 Å². The van der Waals surface area contributed by atoms with E-state index < -0.39 is 12.0 Å². The number of aliphatic imine (C=N–C) groups is 2. The molecule has 1 saturated heterocycles. The lowest BCUT2D eigenvalue weighted by Gasteiger charge is -2.29. The number of amidine groups is 1. The molecule has 0 radical (unpaired) electrons. The van der Waals surface area contributed by atoms with Gasteiger partial charge < -0.3 is 15.3 Å². The lowest BCUT2D eigenvalue weighted by atomic mass is 9.89. The van der Waals surface area contributed by atoms with Crippen LogP contribution in [0.5, 0.6) is 0 Å². The minimum Gasteiger partial charge on any atom is -0.390 e. The summed E-state index contributed by atoms with van der Waals surface area (Å²) in [5.41, 5.74) is 1.86. The van der Waals surface area contributed by atoms with Gasteiger partial charge in [0.15, 0.2) is 0 Å². The summed E-state index contributed by atoms with van der Waals surface area (Å²) in [7, 11) is 1.66. The van der Waals surface area contributed by atoms with Crippen molar-refractivity contribution in [2.45, 2.75) is 97.1 Å². The number of alkyl halides is 2. The zero-order chi connectivity index (χ0) is 34.1. The predicted molar refractivity (Wildman–Crippen MR) is 187 cm³/mol. The number of thioether (sulfide) groups is 1. The van der Waals surface area contributed by atoms with E-state index in [0.29, 0.717) is 55.9 Å². The molecule has 1 amide bonds. The first-order chi connectivity index (χ1) is 22.0. The average Bonchev–Trinajstić information content (AvgIpc) is 3.43. The molecule has 2 aliphatic heterocycles. The third kappa shape index (κ3) is 12.8. The molecule has 1 aromatic carbocycles. The molecule has 3 rings (SSSR count). The minimum absolute atomic E-state index is 0.0267. The average molecular weight is 681 g/mol. The zero-order valence-electron chi connectivity index (χ0n) is 27.5. The van der Waals surface area contributed by atoms with Gasteiger partial charge in [-0.05, 0) is 69.2 Å². The number of aliphatic hydroxyl groups is 1. The number of halogens is 4. The molecule has 2 heterocycles. The van der Waals surface area contributed by atoms with Crippen LogP contribution in [0.2, 0.25) is 5.02 Å². The van der Waals surface area contributed by atoms with Gasteiger partial charge in [-0.25, -0.2) is 13.2 Å². The Morgan fingerprint density at radius 2 is 2.07 bits per heavy atom. The molecule has 0 aromatic heterocycles. The molecule has 11 heteroatoms. The van der Waals surface area contributed by atoms with Crippen molar-refractivity contribution in [3.05, 3.63) is 81.0 Å². The van der Waals surface area contributed by atoms with E-state index in [0.717, 1.165) is 34.9 Å². The number of nitrogens with zero attached hydrogens (tertiary/aromatic N) is 3. The third-order valence-corrected chi connectivity index (χ3v) is 9.00. The van der Waals surface area contributed by atoms with Crippen LogP contribution >= 0.6 is 23.4 Å². The maximum absolute atomic E-state index is 12.8. The lowest BCUT2D eigenvalue weighted by molar-refractivity contribution is -0.122. The van der Waals surface area contributed by atoms with Crippen LogP contribution in [0.4, 0.5) is 13.2 Å². The fraction of sp³-hybridized carbons (Fsp3) is 0.514. The maximum atomic E-state index is 12.8. The predicted octanol–water partition coefficient (Wildman–Crippen LogP) is 8.89. The summed E-state index contributed by atoms with van der Waals surface area (Å²) in [4.78, 5) is 25.2. The Kier molecular flexibility index (Phi) is 17.5. The quantitative estimate of drug-likeness (QED) is 0.182. The molecule has 254 valence electrons. The third-order valence-electron chi connectivity index (χ3n) is 7.68. The molecule has 1 fully saturated rings. The highest BCUT2D eigenvalue weighted by Gasteiger charge is 2.36. The highest BCUT2D eigenvalue weighted by molar-refractivity contribution is 8.06. The molecule has 2 N–H and O–H groups in total. The van der Waals surface area contributed by atoms with E-state index in [2.05, 4.69) is 22.1 Å². The summed E-state index contributed by atoms with van der Waals surface area (Å²) in [6.07, 6.45) is 8.94. The topological polar surface area (TPSA) is 77.3 Å². The van der Waals surface area contributed by atoms with E-state index >= 15 is 0 Å². The second-order valence-corrected chi connectivity index (χ2v) is 12.5. The highest BCUT2D eigenvalue weighted by Crippen LogP contribution is 2.34. The molecular weight excluding hydrogens is 633 g/mol. The zero-order valence-corrected chi connectivity index (χ0v) is 29.1. The van der Waals surface area contributed by atoms with Gasteiger partial charge >= 0.3 is 0 Å². The van der Waals surface area contributed by atoms with Gasteiger partial charge in [0.1, 0.15) is 11.7 Å². The Morgan fingerprint density at radius 1 is 1.30 bits per heavy atom. The van der Waals surface area contributed by atoms with Crippen LogP contribution in [-0.4, -0.2) is 65.7 Å². The highest BCUT2D eigenvalue weighted by atomic mass is 35.5. The Labute approximate surface area is 281 Å². The fourth-order valence-electron chi connectivity index (χ4n) is 5.37. The van der Waals surface area contributed by atoms with Crippen LogP contribution in [-0.2, 0) is 4.79 Å². The SMILES string of the molecule is CC=C(S/C=C\C)C1=NCC(C(/C=C\CC(F)F)=NC)=C2CC(NC(=O)CCCC(O)(CC)CCC)CN12.Fc1cccc(Cl)c1. The Hall–Kier alpha value is -2.82. The summed E-state index contributed by atoms with van der Waals surface area (Å²) in [6, 6.07) is 5.71. The fourth-order valence-corrected chi connectivity index (χ4v) is 6.25. The Balaban J connectivity index is 0.000000797. The molecule has 0 saturated carbocycles. The first-order valence-corrected chi connectivity index (χ1v) is 17.1. The van der Waals surface area contributed by atoms with Crippen molar-refractivity contribution in [2.24, 2.45) is 9.98 Å². The molecule has 0 spiro atoms. The van der Waals surface area contributed by atoms with Gasteiger partial charge in [-0.1, -0.05) is 67.9 Å². The van der Waals surface area contributed by atoms with Crippen molar-refractivity contribution in [3.63, 3.8) is 0 Å². The van der Waals surface area contributed by atoms with E-state index in [-0.39, 0.29) is 24.2 Å². The number of hydrogen-bond donors (Lipinski definition) is 2. The molecule has 2 aliphatic rings. The van der Waals surface area contributed by atoms with Gasteiger partial charge in [-0.3, -0.25) is 14.8 Å². The molecule has 6 nitrogen and oxygen atoms in total. The maximum Gasteiger partial charge on any atom is 0.242 e.